The molecule has 0 spiro atoms. The fourth-order valence-electron chi connectivity index (χ4n) is 1.57. The van der Waals surface area contributed by atoms with Gasteiger partial charge in [0, 0.05) is 25.7 Å². The molecular weight excluding hydrogens is 262 g/mol. The summed E-state index contributed by atoms with van der Waals surface area (Å²) in [6.07, 6.45) is 0.174. The fraction of sp³-hybridized carbons (Fsp3) is 0.462. The van der Waals surface area contributed by atoms with Crippen LogP contribution in [0.25, 0.3) is 0 Å². The summed E-state index contributed by atoms with van der Waals surface area (Å²) in [6, 6.07) is 5.16. The van der Waals surface area contributed by atoms with E-state index >= 15 is 0 Å². The third-order valence-corrected chi connectivity index (χ3v) is 2.73. The van der Waals surface area contributed by atoms with Gasteiger partial charge in [0.15, 0.2) is 6.10 Å². The Morgan fingerprint density at radius 1 is 1.45 bits per heavy atom. The third kappa shape index (κ3) is 5.23. The molecule has 0 saturated heterocycles. The van der Waals surface area contributed by atoms with Crippen LogP contribution < -0.4 is 5.32 Å². The second-order valence-corrected chi connectivity index (χ2v) is 4.21. The quantitative estimate of drug-likeness (QED) is 0.673. The van der Waals surface area contributed by atoms with E-state index in [0.717, 1.165) is 5.69 Å². The standard InChI is InChI=1S/C13H19N3O4/c1-2-16(9-10-5-3-4-7-14-10)13(20)15-8-6-11(17)12(18)19/h3-5,7,11,17H,2,6,8-9H2,1H3,(H,15,20)(H,18,19). The minimum absolute atomic E-state index is 0.0256. The van der Waals surface area contributed by atoms with Crippen molar-refractivity contribution in [3.05, 3.63) is 30.1 Å². The summed E-state index contributed by atoms with van der Waals surface area (Å²) in [7, 11) is 0. The molecule has 0 saturated carbocycles. The summed E-state index contributed by atoms with van der Waals surface area (Å²) in [5.41, 5.74) is 0.773. The Morgan fingerprint density at radius 3 is 2.75 bits per heavy atom. The number of amides is 2. The molecular formula is C13H19N3O4. The SMILES string of the molecule is CCN(Cc1ccccn1)C(=O)NCCC(O)C(=O)O. The van der Waals surface area contributed by atoms with E-state index in [0.29, 0.717) is 13.1 Å². The van der Waals surface area contributed by atoms with Crippen LogP contribution >= 0.6 is 0 Å². The summed E-state index contributed by atoms with van der Waals surface area (Å²) in [5.74, 6) is -1.29. The Labute approximate surface area is 117 Å². The normalized spacial score (nSPS) is 11.7. The largest absolute Gasteiger partial charge is 0.479 e. The van der Waals surface area contributed by atoms with Gasteiger partial charge in [0.25, 0.3) is 0 Å². The number of aromatic nitrogens is 1. The minimum atomic E-state index is -1.46. The number of carbonyl (C=O) groups excluding carboxylic acids is 1. The average molecular weight is 281 g/mol. The van der Waals surface area contributed by atoms with Crippen LogP contribution in [0.5, 0.6) is 0 Å². The average Bonchev–Trinajstić information content (AvgIpc) is 2.45. The molecule has 1 rings (SSSR count). The highest BCUT2D eigenvalue weighted by Crippen LogP contribution is 2.01. The Bertz CT molecular complexity index is 439. The zero-order valence-corrected chi connectivity index (χ0v) is 11.3. The number of hydrogen-bond donors (Lipinski definition) is 3. The van der Waals surface area contributed by atoms with E-state index in [1.165, 1.54) is 0 Å². The third-order valence-electron chi connectivity index (χ3n) is 2.73. The molecule has 7 heteroatoms. The van der Waals surface area contributed by atoms with E-state index in [9.17, 15) is 9.59 Å². The van der Waals surface area contributed by atoms with Crippen LogP contribution in [-0.4, -0.2) is 51.3 Å². The molecule has 0 radical (unpaired) electrons. The Morgan fingerprint density at radius 2 is 2.20 bits per heavy atom. The number of nitrogens with zero attached hydrogens (tertiary/aromatic N) is 2. The summed E-state index contributed by atoms with van der Waals surface area (Å²) in [4.78, 5) is 28.0. The second-order valence-electron chi connectivity index (χ2n) is 4.21. The number of nitrogens with one attached hydrogen (secondary N) is 1. The molecule has 1 aromatic heterocycles. The molecule has 1 heterocycles. The Kier molecular flexibility index (Phi) is 6.45. The highest BCUT2D eigenvalue weighted by Gasteiger charge is 2.15. The number of aliphatic hydroxyl groups is 1. The first-order chi connectivity index (χ1) is 9.54. The van der Waals surface area contributed by atoms with Crippen molar-refractivity contribution in [2.45, 2.75) is 26.0 Å². The molecule has 1 unspecified atom stereocenters. The van der Waals surface area contributed by atoms with E-state index < -0.39 is 12.1 Å². The zero-order chi connectivity index (χ0) is 15.0. The lowest BCUT2D eigenvalue weighted by atomic mass is 10.2. The van der Waals surface area contributed by atoms with Crippen molar-refractivity contribution in [3.63, 3.8) is 0 Å². The van der Waals surface area contributed by atoms with Crippen LogP contribution in [0.15, 0.2) is 24.4 Å². The monoisotopic (exact) mass is 281 g/mol. The molecule has 0 bridgehead atoms. The number of carbonyl (C=O) groups is 2. The van der Waals surface area contributed by atoms with Crippen molar-refractivity contribution < 1.29 is 19.8 Å². The maximum atomic E-state index is 11.9. The lowest BCUT2D eigenvalue weighted by molar-refractivity contribution is -0.146. The van der Waals surface area contributed by atoms with Gasteiger partial charge in [0.05, 0.1) is 12.2 Å². The van der Waals surface area contributed by atoms with Crippen molar-refractivity contribution in [3.8, 4) is 0 Å². The zero-order valence-electron chi connectivity index (χ0n) is 11.3. The fourth-order valence-corrected chi connectivity index (χ4v) is 1.57. The van der Waals surface area contributed by atoms with E-state index in [1.807, 2.05) is 19.1 Å². The molecule has 110 valence electrons. The Hall–Kier alpha value is -2.15. The van der Waals surface area contributed by atoms with Gasteiger partial charge >= 0.3 is 12.0 Å². The first-order valence-electron chi connectivity index (χ1n) is 6.38. The van der Waals surface area contributed by atoms with Gasteiger partial charge in [-0.25, -0.2) is 9.59 Å². The van der Waals surface area contributed by atoms with Crippen molar-refractivity contribution in [1.82, 2.24) is 15.2 Å². The number of hydrogen-bond acceptors (Lipinski definition) is 4. The maximum Gasteiger partial charge on any atom is 0.332 e. The molecule has 0 fully saturated rings. The highest BCUT2D eigenvalue weighted by molar-refractivity contribution is 5.74. The van der Waals surface area contributed by atoms with Gasteiger partial charge in [0.2, 0.25) is 0 Å². The first-order valence-corrected chi connectivity index (χ1v) is 6.38. The number of urea groups is 1. The van der Waals surface area contributed by atoms with Crippen molar-refractivity contribution in [2.24, 2.45) is 0 Å². The molecule has 3 N–H and O–H groups in total. The predicted octanol–water partition coefficient (Wildman–Crippen LogP) is 0.449. The van der Waals surface area contributed by atoms with Gasteiger partial charge in [-0.1, -0.05) is 6.07 Å². The van der Waals surface area contributed by atoms with Crippen molar-refractivity contribution in [1.29, 1.82) is 0 Å². The van der Waals surface area contributed by atoms with Crippen LogP contribution in [0.2, 0.25) is 0 Å². The molecule has 0 aliphatic carbocycles. The minimum Gasteiger partial charge on any atom is -0.479 e. The topological polar surface area (TPSA) is 103 Å². The van der Waals surface area contributed by atoms with Crippen LogP contribution in [-0.2, 0) is 11.3 Å². The summed E-state index contributed by atoms with van der Waals surface area (Å²) in [5, 5.41) is 20.2. The molecule has 0 aliphatic heterocycles. The van der Waals surface area contributed by atoms with Crippen LogP contribution in [0, 0.1) is 0 Å². The Balaban J connectivity index is 2.41. The van der Waals surface area contributed by atoms with E-state index in [4.69, 9.17) is 10.2 Å². The number of aliphatic hydroxyl groups excluding tert-OH is 1. The van der Waals surface area contributed by atoms with Gasteiger partial charge in [-0.05, 0) is 19.1 Å². The molecule has 2 amide bonds. The number of rotatable bonds is 7. The van der Waals surface area contributed by atoms with Crippen molar-refractivity contribution >= 4 is 12.0 Å². The van der Waals surface area contributed by atoms with E-state index in [2.05, 4.69) is 10.3 Å². The maximum absolute atomic E-state index is 11.9. The van der Waals surface area contributed by atoms with Crippen LogP contribution in [0.4, 0.5) is 4.79 Å². The van der Waals surface area contributed by atoms with Gasteiger partial charge in [0.1, 0.15) is 0 Å². The molecule has 1 atom stereocenters. The second kappa shape index (κ2) is 8.11. The first kappa shape index (κ1) is 15.9. The number of pyridine rings is 1. The number of carboxylic acids is 1. The smallest absolute Gasteiger partial charge is 0.332 e. The molecule has 0 aliphatic rings. The van der Waals surface area contributed by atoms with E-state index in [-0.39, 0.29) is 19.0 Å². The molecule has 1 aromatic rings. The lowest BCUT2D eigenvalue weighted by Crippen LogP contribution is -2.41. The molecule has 0 aromatic carbocycles. The number of aliphatic carboxylic acids is 1. The van der Waals surface area contributed by atoms with Gasteiger partial charge in [-0.15, -0.1) is 0 Å². The van der Waals surface area contributed by atoms with Crippen LogP contribution in [0.1, 0.15) is 19.0 Å². The lowest BCUT2D eigenvalue weighted by Gasteiger charge is -2.21. The van der Waals surface area contributed by atoms with Gasteiger partial charge < -0.3 is 20.4 Å². The van der Waals surface area contributed by atoms with E-state index in [1.54, 1.807) is 17.2 Å². The molecule has 20 heavy (non-hydrogen) atoms. The predicted molar refractivity (Wildman–Crippen MR) is 72.0 cm³/mol. The highest BCUT2D eigenvalue weighted by atomic mass is 16.4. The number of carboxylic acid groups (broad SMARTS) is 1. The van der Waals surface area contributed by atoms with Crippen LogP contribution in [0.3, 0.4) is 0 Å². The summed E-state index contributed by atoms with van der Waals surface area (Å²) < 4.78 is 0. The van der Waals surface area contributed by atoms with Gasteiger partial charge in [-0.2, -0.15) is 0 Å². The van der Waals surface area contributed by atoms with Gasteiger partial charge in [-0.3, -0.25) is 4.98 Å². The summed E-state index contributed by atoms with van der Waals surface area (Å²) >= 11 is 0. The summed E-state index contributed by atoms with van der Waals surface area (Å²) in [6.45, 7) is 2.83. The van der Waals surface area contributed by atoms with Crippen molar-refractivity contribution in [2.75, 3.05) is 13.1 Å². The molecule has 7 nitrogen and oxygen atoms in total.